The topological polar surface area (TPSA) is 192 Å². The van der Waals surface area contributed by atoms with Crippen molar-refractivity contribution in [1.29, 1.82) is 0 Å². The third-order valence-electron chi connectivity index (χ3n) is 5.35. The first-order valence-electron chi connectivity index (χ1n) is 12.3. The molecular weight excluding hydrogens is 573 g/mol. The predicted molar refractivity (Wildman–Crippen MR) is 148 cm³/mol. The normalized spacial score (nSPS) is 19.4. The van der Waals surface area contributed by atoms with E-state index in [1.54, 1.807) is 27.7 Å². The quantitative estimate of drug-likeness (QED) is 0.100. The predicted octanol–water partition coefficient (Wildman–Crippen LogP) is 3.80. The second-order valence-electron chi connectivity index (χ2n) is 9.17. The monoisotopic (exact) mass is 607 g/mol. The summed E-state index contributed by atoms with van der Waals surface area (Å²) < 4.78 is 36.8. The summed E-state index contributed by atoms with van der Waals surface area (Å²) in [7, 11) is -4.18. The molecule has 1 aromatic heterocycles. The Kier molecular flexibility index (Phi) is 13.5. The highest BCUT2D eigenvalue weighted by Gasteiger charge is 2.39. The molecule has 39 heavy (non-hydrogen) atoms. The molecule has 0 bridgehead atoms. The number of hydrogen-bond donors (Lipinski definition) is 1. The fraction of sp³-hybridized carbons (Fsp3) is 0.727. The molecule has 3 atom stereocenters. The molecule has 0 saturated carbocycles. The molecule has 1 fully saturated rings. The maximum Gasteiger partial charge on any atom is 0.474 e. The number of rotatable bonds is 15. The fourth-order valence-corrected chi connectivity index (χ4v) is 6.05. The number of carbonyl (C=O) groups excluding carboxylic acids is 2. The first-order valence-corrected chi connectivity index (χ1v) is 15.7. The number of nitrogens with zero attached hydrogens (tertiary/aromatic N) is 4. The number of phosphoric acid groups is 1. The van der Waals surface area contributed by atoms with Gasteiger partial charge in [-0.1, -0.05) is 56.3 Å². The molecule has 17 heteroatoms. The molecule has 0 radical (unpaired) electrons. The van der Waals surface area contributed by atoms with Crippen LogP contribution in [0.5, 0.6) is 0 Å². The second kappa shape index (κ2) is 15.8. The van der Waals surface area contributed by atoms with Crippen LogP contribution >= 0.6 is 31.3 Å². The zero-order valence-corrected chi connectivity index (χ0v) is 25.0. The first-order chi connectivity index (χ1) is 18.4. The van der Waals surface area contributed by atoms with E-state index in [-0.39, 0.29) is 65.4 Å². The maximum absolute atomic E-state index is 13.4. The minimum absolute atomic E-state index is 0.0470. The molecule has 0 aliphatic carbocycles. The molecule has 14 nitrogen and oxygen atoms in total. The van der Waals surface area contributed by atoms with Gasteiger partial charge in [-0.25, -0.2) is 9.36 Å². The molecule has 218 valence electrons. The minimum Gasteiger partial charge on any atom is -0.352 e. The van der Waals surface area contributed by atoms with Crippen molar-refractivity contribution < 1.29 is 32.5 Å². The molecule has 1 aromatic rings. The second-order valence-corrected chi connectivity index (χ2v) is 13.0. The number of ether oxygens (including phenoxy) is 1. The smallest absolute Gasteiger partial charge is 0.352 e. The van der Waals surface area contributed by atoms with Crippen molar-refractivity contribution >= 4 is 41.6 Å². The number of aromatic nitrogens is 2. The number of thioether (sulfide) groups is 2. The number of hydrogen-bond acceptors (Lipinski definition) is 12. The van der Waals surface area contributed by atoms with E-state index < -0.39 is 37.4 Å². The molecule has 1 saturated heterocycles. The van der Waals surface area contributed by atoms with Gasteiger partial charge >= 0.3 is 13.5 Å². The zero-order chi connectivity index (χ0) is 29.2. The highest BCUT2D eigenvalue weighted by Crippen LogP contribution is 2.50. The number of H-pyrrole nitrogens is 1. The van der Waals surface area contributed by atoms with Gasteiger partial charge in [-0.15, -0.1) is 0 Å². The summed E-state index contributed by atoms with van der Waals surface area (Å²) in [5.41, 5.74) is 8.06. The van der Waals surface area contributed by atoms with Crippen molar-refractivity contribution in [1.82, 2.24) is 9.55 Å². The van der Waals surface area contributed by atoms with Gasteiger partial charge in [0.1, 0.15) is 6.23 Å². The van der Waals surface area contributed by atoms with E-state index in [4.69, 9.17) is 23.8 Å². The molecule has 0 spiro atoms. The van der Waals surface area contributed by atoms with Gasteiger partial charge in [0.25, 0.3) is 5.56 Å². The summed E-state index contributed by atoms with van der Waals surface area (Å²) >= 11 is 2.06. The number of aromatic amines is 1. The van der Waals surface area contributed by atoms with Gasteiger partial charge in [-0.3, -0.25) is 37.5 Å². The number of nitrogens with one attached hydrogen (secondary N) is 1. The largest absolute Gasteiger partial charge is 0.474 e. The Hall–Kier alpha value is -1.90. The van der Waals surface area contributed by atoms with E-state index in [0.29, 0.717) is 0 Å². The van der Waals surface area contributed by atoms with Crippen LogP contribution < -0.4 is 11.2 Å². The highest BCUT2D eigenvalue weighted by atomic mass is 32.2. The summed E-state index contributed by atoms with van der Waals surface area (Å²) in [4.78, 5) is 52.7. The van der Waals surface area contributed by atoms with Crippen LogP contribution in [0, 0.1) is 18.8 Å². The first kappa shape index (κ1) is 33.3. The van der Waals surface area contributed by atoms with Crippen LogP contribution in [-0.4, -0.2) is 63.3 Å². The van der Waals surface area contributed by atoms with Crippen LogP contribution in [0.1, 0.15) is 45.9 Å². The molecule has 2 rings (SSSR count). The molecule has 0 amide bonds. The summed E-state index contributed by atoms with van der Waals surface area (Å²) in [5, 5.41) is 3.61. The Morgan fingerprint density at radius 3 is 2.23 bits per heavy atom. The number of aryl methyl sites for hydroxylation is 1. The van der Waals surface area contributed by atoms with Crippen molar-refractivity contribution in [3.05, 3.63) is 43.0 Å². The SMILES string of the molecule is Cc1cn([C@H]2C[C@H](N=[N+]=[N-])[C@@H](COP(=O)(OCCSC(=O)C(C)C)OCCSC(=O)C(C)C)O2)c(=O)[nH]c1=O. The van der Waals surface area contributed by atoms with Crippen LogP contribution in [0.15, 0.2) is 20.9 Å². The molecule has 1 aliphatic rings. The summed E-state index contributed by atoms with van der Waals surface area (Å²) in [6.07, 6.45) is -0.363. The van der Waals surface area contributed by atoms with Crippen molar-refractivity contribution in [2.24, 2.45) is 17.0 Å². The van der Waals surface area contributed by atoms with Crippen molar-refractivity contribution in [2.75, 3.05) is 31.3 Å². The lowest BCUT2D eigenvalue weighted by Gasteiger charge is -2.21. The van der Waals surface area contributed by atoms with Gasteiger partial charge in [-0.2, -0.15) is 0 Å². The van der Waals surface area contributed by atoms with Crippen LogP contribution in [0.2, 0.25) is 0 Å². The van der Waals surface area contributed by atoms with Crippen molar-refractivity contribution in [3.8, 4) is 0 Å². The Labute approximate surface area is 234 Å². The van der Waals surface area contributed by atoms with Gasteiger partial charge in [0.05, 0.1) is 32.0 Å². The Bertz CT molecular complexity index is 1180. The third kappa shape index (κ3) is 10.5. The Morgan fingerprint density at radius 1 is 1.15 bits per heavy atom. The lowest BCUT2D eigenvalue weighted by molar-refractivity contribution is -0.114. The highest BCUT2D eigenvalue weighted by molar-refractivity contribution is 8.13. The van der Waals surface area contributed by atoms with E-state index in [1.165, 1.54) is 17.7 Å². The van der Waals surface area contributed by atoms with Gasteiger partial charge in [-0.05, 0) is 12.5 Å². The Morgan fingerprint density at radius 2 is 1.72 bits per heavy atom. The molecule has 2 heterocycles. The minimum atomic E-state index is -4.18. The van der Waals surface area contributed by atoms with Crippen LogP contribution in [-0.2, 0) is 32.5 Å². The molecular formula is C22H34N5O9PS2. The third-order valence-corrected chi connectivity index (χ3v) is 9.07. The van der Waals surface area contributed by atoms with Crippen molar-refractivity contribution in [3.63, 3.8) is 0 Å². The van der Waals surface area contributed by atoms with Crippen LogP contribution in [0.4, 0.5) is 0 Å². The molecule has 0 unspecified atom stereocenters. The number of carbonyl (C=O) groups is 2. The molecule has 0 aromatic carbocycles. The summed E-state index contributed by atoms with van der Waals surface area (Å²) in [6, 6.07) is -0.786. The van der Waals surface area contributed by atoms with Gasteiger partial charge < -0.3 is 4.74 Å². The lowest BCUT2D eigenvalue weighted by Crippen LogP contribution is -2.33. The van der Waals surface area contributed by atoms with Gasteiger partial charge in [0.2, 0.25) is 0 Å². The lowest BCUT2D eigenvalue weighted by atomic mass is 10.1. The van der Waals surface area contributed by atoms with Gasteiger partial charge in [0, 0.05) is 46.4 Å². The maximum atomic E-state index is 13.4. The number of phosphoric ester groups is 1. The molecule has 1 aliphatic heterocycles. The van der Waals surface area contributed by atoms with E-state index in [1.807, 2.05) is 0 Å². The summed E-state index contributed by atoms with van der Waals surface area (Å²) in [6.45, 7) is 7.99. The standard InChI is InChI=1S/C22H34N5O9PS2/c1-13(2)20(29)38-8-6-33-37(32,34-7-9-39-21(30)14(3)4)35-12-17-16(25-26-23)10-18(36-17)27-11-15(5)19(28)24-22(27)31/h11,13-14,16-18H,6-10,12H2,1-5H3,(H,24,28,31)/t16-,17+,18+/m0/s1. The van der Waals surface area contributed by atoms with Crippen LogP contribution in [0.3, 0.4) is 0 Å². The van der Waals surface area contributed by atoms with E-state index in [0.717, 1.165) is 23.5 Å². The molecule has 1 N–H and O–H groups in total. The van der Waals surface area contributed by atoms with E-state index >= 15 is 0 Å². The van der Waals surface area contributed by atoms with Crippen LogP contribution in [0.25, 0.3) is 10.4 Å². The van der Waals surface area contributed by atoms with E-state index in [9.17, 15) is 23.7 Å². The zero-order valence-electron chi connectivity index (χ0n) is 22.4. The average Bonchev–Trinajstić information content (AvgIpc) is 3.27. The average molecular weight is 608 g/mol. The Balaban J connectivity index is 2.09. The number of azide groups is 1. The van der Waals surface area contributed by atoms with E-state index in [2.05, 4.69) is 15.0 Å². The summed E-state index contributed by atoms with van der Waals surface area (Å²) in [5.74, 6) is 0.0837. The van der Waals surface area contributed by atoms with Gasteiger partial charge in [0.15, 0.2) is 10.2 Å². The van der Waals surface area contributed by atoms with Crippen molar-refractivity contribution in [2.45, 2.75) is 59.4 Å². The fourth-order valence-electron chi connectivity index (χ4n) is 3.22.